The molecule has 1 aliphatic carbocycles. The van der Waals surface area contributed by atoms with Crippen LogP contribution in [0.3, 0.4) is 0 Å². The van der Waals surface area contributed by atoms with E-state index in [9.17, 15) is 24.0 Å². The quantitative estimate of drug-likeness (QED) is 0.0443. The molecule has 8 rings (SSSR count). The van der Waals surface area contributed by atoms with Crippen molar-refractivity contribution in [2.75, 3.05) is 91.5 Å². The predicted molar refractivity (Wildman–Crippen MR) is 313 cm³/mol. The first-order valence-electron chi connectivity index (χ1n) is 29.1. The van der Waals surface area contributed by atoms with Crippen LogP contribution in [0, 0.1) is 12.3 Å². The summed E-state index contributed by atoms with van der Waals surface area (Å²) in [4.78, 5) is 77.1. The second kappa shape index (κ2) is 29.4. The highest BCUT2D eigenvalue weighted by Crippen LogP contribution is 2.34. The summed E-state index contributed by atoms with van der Waals surface area (Å²) in [6, 6.07) is 19.3. The molecule has 5 amide bonds. The zero-order valence-corrected chi connectivity index (χ0v) is 49.4. The summed E-state index contributed by atoms with van der Waals surface area (Å²) in [5.41, 5.74) is 6.38. The highest BCUT2D eigenvalue weighted by atomic mass is 16.6. The lowest BCUT2D eigenvalue weighted by Gasteiger charge is -2.41. The Bertz CT molecular complexity index is 3020. The van der Waals surface area contributed by atoms with Gasteiger partial charge in [0.2, 0.25) is 23.6 Å². The Kier molecular flexibility index (Phi) is 21.9. The molecule has 3 aromatic carbocycles. The summed E-state index contributed by atoms with van der Waals surface area (Å²) >= 11 is 0. The minimum atomic E-state index is -0.886. The maximum atomic E-state index is 14.7. The van der Waals surface area contributed by atoms with Crippen molar-refractivity contribution in [1.82, 2.24) is 45.7 Å². The Labute approximate surface area is 487 Å². The summed E-state index contributed by atoms with van der Waals surface area (Å²) in [6.07, 6.45) is 6.13. The zero-order valence-electron chi connectivity index (χ0n) is 49.4. The van der Waals surface area contributed by atoms with Gasteiger partial charge in [0.05, 0.1) is 83.7 Å². The van der Waals surface area contributed by atoms with Gasteiger partial charge in [-0.1, -0.05) is 68.8 Å². The van der Waals surface area contributed by atoms with E-state index in [1.54, 1.807) is 34.5 Å². The van der Waals surface area contributed by atoms with E-state index in [4.69, 9.17) is 33.4 Å². The number of ether oxygens (including phenoxy) is 6. The minimum Gasteiger partial charge on any atom is -0.491 e. The van der Waals surface area contributed by atoms with Gasteiger partial charge in [-0.25, -0.2) is 9.50 Å². The molecule has 5 aromatic rings. The SMILES string of the molecule is CN[C@H](C)C(=O)N[C@@H](C(=O)N1Cc2cc(OCCOCCOCCOCCOCCC(=O)NCCN3C[C@H](C)Oc4ccc(C)cc4[C@@H](C)Nc4ccn5ncc(c5n4)C3=O)ccc2C[C@@H]1C(=O)N[C@H]1CCCc2ccccc21)C(C)(C)C. The number of nitrogens with one attached hydrogen (secondary N) is 5. The van der Waals surface area contributed by atoms with Crippen LogP contribution in [-0.4, -0.2) is 164 Å². The van der Waals surface area contributed by atoms with E-state index in [1.165, 1.54) is 11.8 Å². The van der Waals surface area contributed by atoms with E-state index in [-0.39, 0.29) is 93.5 Å². The van der Waals surface area contributed by atoms with Crippen LogP contribution in [0.4, 0.5) is 5.82 Å². The number of benzene rings is 3. The predicted octanol–water partition coefficient (Wildman–Crippen LogP) is 5.67. The number of hydrogen-bond donors (Lipinski definition) is 5. The number of carbonyl (C=O) groups is 5. The average molecular weight is 1150 g/mol. The maximum Gasteiger partial charge on any atom is 0.259 e. The number of anilines is 1. The molecule has 0 unspecified atom stereocenters. The molecule has 83 heavy (non-hydrogen) atoms. The highest BCUT2D eigenvalue weighted by molar-refractivity contribution is 6.00. The average Bonchev–Trinajstić information content (AvgIpc) is 4.14. The van der Waals surface area contributed by atoms with Crippen LogP contribution in [0.5, 0.6) is 11.5 Å². The highest BCUT2D eigenvalue weighted by Gasteiger charge is 2.43. The molecule has 2 aliphatic heterocycles. The Morgan fingerprint density at radius 2 is 1.58 bits per heavy atom. The molecule has 5 N–H and O–H groups in total. The summed E-state index contributed by atoms with van der Waals surface area (Å²) < 4.78 is 36.8. The van der Waals surface area contributed by atoms with Crippen molar-refractivity contribution in [2.24, 2.45) is 5.41 Å². The van der Waals surface area contributed by atoms with Crippen molar-refractivity contribution >= 4 is 41.0 Å². The first kappa shape index (κ1) is 61.9. The van der Waals surface area contributed by atoms with Gasteiger partial charge in [0.15, 0.2) is 5.65 Å². The third kappa shape index (κ3) is 16.8. The summed E-state index contributed by atoms with van der Waals surface area (Å²) in [6.45, 7) is 17.3. The van der Waals surface area contributed by atoms with Crippen molar-refractivity contribution in [2.45, 2.75) is 123 Å². The van der Waals surface area contributed by atoms with Crippen molar-refractivity contribution in [3.63, 3.8) is 0 Å². The van der Waals surface area contributed by atoms with Crippen LogP contribution < -0.4 is 36.1 Å². The summed E-state index contributed by atoms with van der Waals surface area (Å²) in [7, 11) is 1.69. The second-order valence-corrected chi connectivity index (χ2v) is 22.7. The van der Waals surface area contributed by atoms with Gasteiger partial charge >= 0.3 is 0 Å². The normalized spacial score (nSPS) is 18.7. The van der Waals surface area contributed by atoms with Crippen molar-refractivity contribution in [3.05, 3.63) is 118 Å². The molecule has 0 spiro atoms. The fraction of sp³-hybridized carbons (Fsp3) is 0.532. The summed E-state index contributed by atoms with van der Waals surface area (Å²) in [5.74, 6) is 0.640. The van der Waals surface area contributed by atoms with Gasteiger partial charge in [-0.2, -0.15) is 5.10 Å². The number of hydrogen-bond acceptors (Lipinski definition) is 15. The summed E-state index contributed by atoms with van der Waals surface area (Å²) in [5, 5.41) is 20.0. The topological polar surface area (TPSA) is 238 Å². The van der Waals surface area contributed by atoms with Crippen LogP contribution in [0.15, 0.2) is 79.1 Å². The molecule has 3 aliphatic rings. The van der Waals surface area contributed by atoms with E-state index in [0.29, 0.717) is 75.4 Å². The van der Waals surface area contributed by atoms with Gasteiger partial charge in [0, 0.05) is 44.2 Å². The first-order chi connectivity index (χ1) is 40.0. The molecule has 21 heteroatoms. The smallest absolute Gasteiger partial charge is 0.259 e. The number of carbonyl (C=O) groups excluding carboxylic acids is 5. The molecule has 2 aromatic heterocycles. The van der Waals surface area contributed by atoms with Gasteiger partial charge in [-0.15, -0.1) is 0 Å². The molecule has 0 saturated heterocycles. The van der Waals surface area contributed by atoms with Gasteiger partial charge < -0.3 is 64.8 Å². The molecule has 6 atom stereocenters. The van der Waals surface area contributed by atoms with Crippen LogP contribution in [-0.2, 0) is 57.5 Å². The van der Waals surface area contributed by atoms with Gasteiger partial charge in [-0.05, 0) is 106 Å². The van der Waals surface area contributed by atoms with Crippen LogP contribution in [0.25, 0.3) is 5.65 Å². The molecule has 4 heterocycles. The number of likely N-dealkylation sites (N-methyl/N-ethyl adjacent to an activating group) is 1. The third-order valence-corrected chi connectivity index (χ3v) is 15.3. The van der Waals surface area contributed by atoms with Gasteiger partial charge in [0.1, 0.15) is 47.7 Å². The molecule has 0 fully saturated rings. The number of amides is 5. The fourth-order valence-electron chi connectivity index (χ4n) is 10.6. The van der Waals surface area contributed by atoms with Crippen LogP contribution in [0.2, 0.25) is 0 Å². The maximum absolute atomic E-state index is 14.7. The molecular weight excluding hydrogens is 1060 g/mol. The van der Waals surface area contributed by atoms with E-state index in [1.807, 2.05) is 90.1 Å². The zero-order chi connectivity index (χ0) is 59.0. The second-order valence-electron chi connectivity index (χ2n) is 22.7. The van der Waals surface area contributed by atoms with E-state index < -0.39 is 23.5 Å². The largest absolute Gasteiger partial charge is 0.491 e. The molecule has 448 valence electrons. The molecule has 21 nitrogen and oxygen atoms in total. The molecule has 0 radical (unpaired) electrons. The minimum absolute atomic E-state index is 0.125. The van der Waals surface area contributed by atoms with Gasteiger partial charge in [-0.3, -0.25) is 24.0 Å². The van der Waals surface area contributed by atoms with Crippen molar-refractivity contribution in [3.8, 4) is 11.5 Å². The lowest BCUT2D eigenvalue weighted by molar-refractivity contribution is -0.147. The van der Waals surface area contributed by atoms with Crippen molar-refractivity contribution in [1.29, 1.82) is 0 Å². The fourth-order valence-corrected chi connectivity index (χ4v) is 10.6. The first-order valence-corrected chi connectivity index (χ1v) is 29.1. The van der Waals surface area contributed by atoms with Gasteiger partial charge in [0.25, 0.3) is 5.91 Å². The Morgan fingerprint density at radius 3 is 2.31 bits per heavy atom. The Balaban J connectivity index is 0.708. The number of fused-ring (bicyclic) bond motifs is 4. The standard InChI is InChI=1S/C62H84N10O11/c1-40-16-19-53-49(34-40)42(3)66-54-20-23-72-57(68-54)50(37-65-72)60(76)70(38-41(2)83-53)24-22-64-55(73)21-25-78-26-27-79-28-29-80-30-31-81-32-33-82-47-18-17-45-36-52(59(75)67-51-15-11-13-44-12-9-10-14-48(44)51)71(39-46(45)35-47)61(77)56(62(5,6)7)69-58(74)43(4)63-8/h9-10,12,14,16-20,23,34-35,37,41-43,51-52,56,63H,11,13,15,21-22,24-33,36,38-39H2,1-8H3,(H,64,73)(H,66,68)(H,67,75)(H,69,74)/t41-,42+,43+,51-,52+,56-/m0/s1. The molecular formula is C62H84N10O11. The number of aryl methyl sites for hydroxylation is 2. The third-order valence-electron chi connectivity index (χ3n) is 15.3. The number of nitrogens with zero attached hydrogens (tertiary/aromatic N) is 5. The lowest BCUT2D eigenvalue weighted by Crippen LogP contribution is -2.62. The van der Waals surface area contributed by atoms with Crippen LogP contribution >= 0.6 is 0 Å². The van der Waals surface area contributed by atoms with E-state index in [0.717, 1.165) is 52.8 Å². The van der Waals surface area contributed by atoms with E-state index in [2.05, 4.69) is 49.9 Å². The monoisotopic (exact) mass is 1140 g/mol. The number of aromatic nitrogens is 3. The van der Waals surface area contributed by atoms with Crippen LogP contribution in [0.1, 0.15) is 117 Å². The van der Waals surface area contributed by atoms with Crippen molar-refractivity contribution < 1.29 is 52.4 Å². The number of rotatable bonds is 25. The molecule has 0 saturated carbocycles. The lowest BCUT2D eigenvalue weighted by atomic mass is 9.83. The van der Waals surface area contributed by atoms with E-state index >= 15 is 0 Å². The Morgan fingerprint density at radius 1 is 0.855 bits per heavy atom. The molecule has 2 bridgehead atoms. The Hall–Kier alpha value is -7.17.